The van der Waals surface area contributed by atoms with E-state index in [4.69, 9.17) is 5.11 Å². The zero-order chi connectivity index (χ0) is 15.3. The lowest BCUT2D eigenvalue weighted by molar-refractivity contribution is 0.218. The second-order valence-corrected chi connectivity index (χ2v) is 6.38. The molecule has 0 spiro atoms. The molecule has 1 atom stereocenters. The standard InChI is InChI=1S/C13H19FN2O3S/c1-13(2,6-7-17)16-12(18)15-9-4-5-11(20(3)19)10(14)8-9/h4-5,8,17H,6-7H2,1-3H3,(H2,15,16,18). The van der Waals surface area contributed by atoms with Crippen molar-refractivity contribution >= 4 is 22.5 Å². The van der Waals surface area contributed by atoms with Crippen LogP contribution in [0, 0.1) is 5.82 Å². The zero-order valence-electron chi connectivity index (χ0n) is 11.7. The van der Waals surface area contributed by atoms with E-state index in [9.17, 15) is 13.4 Å². The first-order valence-corrected chi connectivity index (χ1v) is 7.64. The number of nitrogens with one attached hydrogen (secondary N) is 2. The Labute approximate surface area is 120 Å². The predicted molar refractivity (Wildman–Crippen MR) is 76.7 cm³/mol. The van der Waals surface area contributed by atoms with Crippen LogP contribution in [0.3, 0.4) is 0 Å². The number of urea groups is 1. The number of anilines is 1. The number of benzene rings is 1. The Hall–Kier alpha value is -1.47. The zero-order valence-corrected chi connectivity index (χ0v) is 12.5. The summed E-state index contributed by atoms with van der Waals surface area (Å²) >= 11 is 0. The fraction of sp³-hybridized carbons (Fsp3) is 0.462. The second-order valence-electron chi connectivity index (χ2n) is 5.04. The molecular weight excluding hydrogens is 283 g/mol. The number of rotatable bonds is 5. The molecule has 1 aromatic rings. The molecule has 7 heteroatoms. The third kappa shape index (κ3) is 4.90. The molecule has 0 heterocycles. The summed E-state index contributed by atoms with van der Waals surface area (Å²) in [5.74, 6) is -0.627. The maximum absolute atomic E-state index is 13.6. The Balaban J connectivity index is 2.72. The largest absolute Gasteiger partial charge is 0.396 e. The van der Waals surface area contributed by atoms with Crippen LogP contribution in [0.15, 0.2) is 23.1 Å². The topological polar surface area (TPSA) is 78.4 Å². The highest BCUT2D eigenvalue weighted by Gasteiger charge is 2.19. The number of carbonyl (C=O) groups excluding carboxylic acids is 1. The van der Waals surface area contributed by atoms with Crippen LogP contribution in [0.4, 0.5) is 14.9 Å². The quantitative estimate of drug-likeness (QED) is 0.776. The second kappa shape index (κ2) is 6.81. The summed E-state index contributed by atoms with van der Waals surface area (Å²) in [6, 6.07) is 3.49. The molecule has 0 aliphatic heterocycles. The lowest BCUT2D eigenvalue weighted by atomic mass is 10.0. The van der Waals surface area contributed by atoms with E-state index in [-0.39, 0.29) is 17.2 Å². The van der Waals surface area contributed by atoms with Gasteiger partial charge in [-0.15, -0.1) is 0 Å². The minimum atomic E-state index is -1.41. The van der Waals surface area contributed by atoms with Gasteiger partial charge in [-0.2, -0.15) is 0 Å². The van der Waals surface area contributed by atoms with Gasteiger partial charge in [0.15, 0.2) is 0 Å². The summed E-state index contributed by atoms with van der Waals surface area (Å²) < 4.78 is 24.8. The molecule has 112 valence electrons. The molecule has 0 bridgehead atoms. The average Bonchev–Trinajstić information content (AvgIpc) is 2.26. The van der Waals surface area contributed by atoms with Crippen LogP contribution in [-0.4, -0.2) is 33.7 Å². The molecule has 20 heavy (non-hydrogen) atoms. The van der Waals surface area contributed by atoms with Gasteiger partial charge >= 0.3 is 6.03 Å². The van der Waals surface area contributed by atoms with Gasteiger partial charge < -0.3 is 15.7 Å². The van der Waals surface area contributed by atoms with Crippen molar-refractivity contribution in [3.05, 3.63) is 24.0 Å². The predicted octanol–water partition coefficient (Wildman–Crippen LogP) is 1.85. The van der Waals surface area contributed by atoms with E-state index in [2.05, 4.69) is 10.6 Å². The van der Waals surface area contributed by atoms with E-state index < -0.39 is 28.2 Å². The number of hydrogen-bond acceptors (Lipinski definition) is 3. The summed E-state index contributed by atoms with van der Waals surface area (Å²) in [6.45, 7) is 3.50. The van der Waals surface area contributed by atoms with E-state index in [0.717, 1.165) is 6.07 Å². The molecule has 3 N–H and O–H groups in total. The van der Waals surface area contributed by atoms with Crippen molar-refractivity contribution in [2.75, 3.05) is 18.2 Å². The van der Waals surface area contributed by atoms with Crippen molar-refractivity contribution in [2.45, 2.75) is 30.7 Å². The van der Waals surface area contributed by atoms with Gasteiger partial charge in [-0.1, -0.05) is 0 Å². The van der Waals surface area contributed by atoms with Gasteiger partial charge in [0.25, 0.3) is 0 Å². The number of hydrogen-bond donors (Lipinski definition) is 3. The minimum absolute atomic E-state index is 0.0427. The van der Waals surface area contributed by atoms with Gasteiger partial charge in [0, 0.05) is 24.1 Å². The van der Waals surface area contributed by atoms with Crippen molar-refractivity contribution < 1.29 is 18.5 Å². The number of halogens is 1. The van der Waals surface area contributed by atoms with E-state index in [0.29, 0.717) is 6.42 Å². The molecule has 5 nitrogen and oxygen atoms in total. The maximum atomic E-state index is 13.6. The molecule has 0 saturated heterocycles. The first-order chi connectivity index (χ1) is 9.25. The van der Waals surface area contributed by atoms with Crippen LogP contribution in [0.2, 0.25) is 0 Å². The van der Waals surface area contributed by atoms with Gasteiger partial charge in [-0.05, 0) is 38.5 Å². The summed E-state index contributed by atoms with van der Waals surface area (Å²) in [5, 5.41) is 14.0. The molecule has 0 fully saturated rings. The van der Waals surface area contributed by atoms with E-state index in [1.54, 1.807) is 13.8 Å². The fourth-order valence-electron chi connectivity index (χ4n) is 1.62. The van der Waals surface area contributed by atoms with Crippen LogP contribution in [0.25, 0.3) is 0 Å². The van der Waals surface area contributed by atoms with E-state index in [1.165, 1.54) is 18.4 Å². The lowest BCUT2D eigenvalue weighted by Gasteiger charge is -2.25. The Kier molecular flexibility index (Phi) is 5.64. The van der Waals surface area contributed by atoms with Gasteiger partial charge in [-0.3, -0.25) is 4.21 Å². The Morgan fingerprint density at radius 3 is 2.60 bits per heavy atom. The van der Waals surface area contributed by atoms with E-state index in [1.807, 2.05) is 0 Å². The van der Waals surface area contributed by atoms with Crippen molar-refractivity contribution in [1.82, 2.24) is 5.32 Å². The molecule has 0 radical (unpaired) electrons. The Morgan fingerprint density at radius 2 is 2.10 bits per heavy atom. The number of aliphatic hydroxyl groups excluding tert-OH is 1. The molecule has 2 amide bonds. The highest BCUT2D eigenvalue weighted by Crippen LogP contribution is 2.17. The molecule has 0 saturated carbocycles. The van der Waals surface area contributed by atoms with Crippen LogP contribution in [0.1, 0.15) is 20.3 Å². The van der Waals surface area contributed by atoms with Gasteiger partial charge in [0.2, 0.25) is 0 Å². The fourth-order valence-corrected chi connectivity index (χ4v) is 2.22. The normalized spacial score (nSPS) is 12.8. The summed E-state index contributed by atoms with van der Waals surface area (Å²) in [5.41, 5.74) is -0.295. The lowest BCUT2D eigenvalue weighted by Crippen LogP contribution is -2.46. The first kappa shape index (κ1) is 16.6. The highest BCUT2D eigenvalue weighted by molar-refractivity contribution is 7.84. The molecule has 0 aliphatic rings. The molecule has 1 unspecified atom stereocenters. The maximum Gasteiger partial charge on any atom is 0.319 e. The van der Waals surface area contributed by atoms with Crippen LogP contribution in [0.5, 0.6) is 0 Å². The molecule has 0 aliphatic carbocycles. The number of carbonyl (C=O) groups is 1. The SMILES string of the molecule is CS(=O)c1ccc(NC(=O)NC(C)(C)CCO)cc1F. The Bertz CT molecular complexity index is 520. The molecule has 1 aromatic carbocycles. The highest BCUT2D eigenvalue weighted by atomic mass is 32.2. The van der Waals surface area contributed by atoms with Crippen molar-refractivity contribution in [3.63, 3.8) is 0 Å². The average molecular weight is 302 g/mol. The van der Waals surface area contributed by atoms with Crippen molar-refractivity contribution in [1.29, 1.82) is 0 Å². The van der Waals surface area contributed by atoms with E-state index >= 15 is 0 Å². The molecular formula is C13H19FN2O3S. The number of amides is 2. The van der Waals surface area contributed by atoms with Gasteiger partial charge in [0.05, 0.1) is 15.7 Å². The third-order valence-electron chi connectivity index (χ3n) is 2.69. The third-order valence-corrected chi connectivity index (χ3v) is 3.64. The van der Waals surface area contributed by atoms with Crippen LogP contribution < -0.4 is 10.6 Å². The minimum Gasteiger partial charge on any atom is -0.396 e. The molecule has 1 rings (SSSR count). The molecule has 0 aromatic heterocycles. The first-order valence-electron chi connectivity index (χ1n) is 6.08. The van der Waals surface area contributed by atoms with Crippen molar-refractivity contribution in [2.24, 2.45) is 0 Å². The number of aliphatic hydroxyl groups is 1. The van der Waals surface area contributed by atoms with Gasteiger partial charge in [-0.25, -0.2) is 9.18 Å². The van der Waals surface area contributed by atoms with Crippen LogP contribution >= 0.6 is 0 Å². The summed E-state index contributed by atoms with van der Waals surface area (Å²) in [6.07, 6.45) is 1.79. The van der Waals surface area contributed by atoms with Gasteiger partial charge in [0.1, 0.15) is 5.82 Å². The Morgan fingerprint density at radius 1 is 1.45 bits per heavy atom. The van der Waals surface area contributed by atoms with Crippen molar-refractivity contribution in [3.8, 4) is 0 Å². The summed E-state index contributed by atoms with van der Waals surface area (Å²) in [4.78, 5) is 11.8. The summed E-state index contributed by atoms with van der Waals surface area (Å²) in [7, 11) is -1.41. The van der Waals surface area contributed by atoms with Crippen LogP contribution in [-0.2, 0) is 10.8 Å². The smallest absolute Gasteiger partial charge is 0.319 e. The monoisotopic (exact) mass is 302 g/mol.